The molecule has 3 rings (SSSR count). The van der Waals surface area contributed by atoms with Gasteiger partial charge in [-0.25, -0.2) is 0 Å². The molecule has 0 unspecified atom stereocenters. The van der Waals surface area contributed by atoms with Crippen LogP contribution in [0.4, 0.5) is 0 Å². The Morgan fingerprint density at radius 1 is 1.08 bits per heavy atom. The van der Waals surface area contributed by atoms with Crippen molar-refractivity contribution in [2.45, 2.75) is 19.4 Å². The van der Waals surface area contributed by atoms with Gasteiger partial charge in [0.25, 0.3) is 0 Å². The minimum absolute atomic E-state index is 0.106. The number of aromatic nitrogens is 2. The van der Waals surface area contributed by atoms with Crippen molar-refractivity contribution < 1.29 is 9.32 Å². The second kappa shape index (κ2) is 8.14. The molecule has 0 aliphatic carbocycles. The molecule has 3 aromatic rings. The number of benzene rings is 2. The summed E-state index contributed by atoms with van der Waals surface area (Å²) < 4.78 is 5.15. The highest BCUT2D eigenvalue weighted by Gasteiger charge is 2.10. The highest BCUT2D eigenvalue weighted by atomic mass is 35.5. The van der Waals surface area contributed by atoms with E-state index < -0.39 is 0 Å². The van der Waals surface area contributed by atoms with E-state index in [1.54, 1.807) is 12.1 Å². The first kappa shape index (κ1) is 17.5. The van der Waals surface area contributed by atoms with Gasteiger partial charge in [0.05, 0.1) is 16.6 Å². The van der Waals surface area contributed by atoms with E-state index in [9.17, 15) is 4.79 Å². The summed E-state index contributed by atoms with van der Waals surface area (Å²) in [5.41, 5.74) is 1.82. The fourth-order valence-electron chi connectivity index (χ4n) is 2.25. The van der Waals surface area contributed by atoms with E-state index in [1.165, 1.54) is 0 Å². The van der Waals surface area contributed by atoms with Crippen molar-refractivity contribution in [3.05, 3.63) is 70.0 Å². The second-order valence-corrected chi connectivity index (χ2v) is 6.22. The number of carbonyl (C=O) groups excluding carboxylic acids is 1. The Morgan fingerprint density at radius 2 is 1.88 bits per heavy atom. The molecule has 7 heteroatoms. The van der Waals surface area contributed by atoms with Crippen molar-refractivity contribution in [2.75, 3.05) is 0 Å². The number of nitrogens with zero attached hydrogens (tertiary/aromatic N) is 2. The molecular formula is C18H15Cl2N3O2. The molecular weight excluding hydrogens is 361 g/mol. The third-order valence-electron chi connectivity index (χ3n) is 3.56. The maximum atomic E-state index is 12.0. The van der Waals surface area contributed by atoms with E-state index in [4.69, 9.17) is 27.7 Å². The first-order valence-corrected chi connectivity index (χ1v) is 8.46. The quantitative estimate of drug-likeness (QED) is 0.697. The molecule has 25 heavy (non-hydrogen) atoms. The Hall–Kier alpha value is -2.37. The molecule has 2 aromatic carbocycles. The SMILES string of the molecule is O=C(CCc1ccc(Cl)c(Cl)c1)NCc1nc(-c2ccccc2)no1. The van der Waals surface area contributed by atoms with Gasteiger partial charge in [0.1, 0.15) is 0 Å². The summed E-state index contributed by atoms with van der Waals surface area (Å²) in [5, 5.41) is 7.66. The van der Waals surface area contributed by atoms with E-state index in [2.05, 4.69) is 15.5 Å². The predicted octanol–water partition coefficient (Wildman–Crippen LogP) is 4.29. The summed E-state index contributed by atoms with van der Waals surface area (Å²) in [4.78, 5) is 16.2. The molecule has 0 aliphatic rings. The lowest BCUT2D eigenvalue weighted by molar-refractivity contribution is -0.121. The monoisotopic (exact) mass is 375 g/mol. The lowest BCUT2D eigenvalue weighted by atomic mass is 10.1. The van der Waals surface area contributed by atoms with Crippen molar-refractivity contribution in [2.24, 2.45) is 0 Å². The van der Waals surface area contributed by atoms with Crippen molar-refractivity contribution in [1.29, 1.82) is 0 Å². The fourth-order valence-corrected chi connectivity index (χ4v) is 2.57. The zero-order valence-corrected chi connectivity index (χ0v) is 14.7. The van der Waals surface area contributed by atoms with E-state index >= 15 is 0 Å². The number of nitrogens with one attached hydrogen (secondary N) is 1. The van der Waals surface area contributed by atoms with E-state index in [0.717, 1.165) is 11.1 Å². The molecule has 1 heterocycles. The third kappa shape index (κ3) is 4.81. The number of hydrogen-bond acceptors (Lipinski definition) is 4. The average molecular weight is 376 g/mol. The molecule has 5 nitrogen and oxygen atoms in total. The van der Waals surface area contributed by atoms with Crippen LogP contribution in [0.5, 0.6) is 0 Å². The van der Waals surface area contributed by atoms with Gasteiger partial charge in [0, 0.05) is 12.0 Å². The van der Waals surface area contributed by atoms with Crippen molar-refractivity contribution in [3.63, 3.8) is 0 Å². The standard InChI is InChI=1S/C18H15Cl2N3O2/c19-14-8-6-12(10-15(14)20)7-9-16(24)21-11-17-22-18(23-25-17)13-4-2-1-3-5-13/h1-6,8,10H,7,9,11H2,(H,21,24). The summed E-state index contributed by atoms with van der Waals surface area (Å²) in [5.74, 6) is 0.757. The highest BCUT2D eigenvalue weighted by molar-refractivity contribution is 6.42. The molecule has 128 valence electrons. The molecule has 1 N–H and O–H groups in total. The van der Waals surface area contributed by atoms with Crippen LogP contribution in [0.1, 0.15) is 17.9 Å². The lowest BCUT2D eigenvalue weighted by Gasteiger charge is -2.04. The summed E-state index contributed by atoms with van der Waals surface area (Å²) >= 11 is 11.8. The largest absolute Gasteiger partial charge is 0.347 e. The van der Waals surface area contributed by atoms with Crippen LogP contribution in [0.3, 0.4) is 0 Å². The maximum Gasteiger partial charge on any atom is 0.246 e. The summed E-state index contributed by atoms with van der Waals surface area (Å²) in [6.45, 7) is 0.194. The van der Waals surface area contributed by atoms with Gasteiger partial charge in [-0.3, -0.25) is 4.79 Å². The molecule has 1 aromatic heterocycles. The number of carbonyl (C=O) groups is 1. The zero-order valence-electron chi connectivity index (χ0n) is 13.2. The molecule has 0 atom stereocenters. The van der Waals surface area contributed by atoms with Gasteiger partial charge in [0.15, 0.2) is 0 Å². The minimum atomic E-state index is -0.106. The van der Waals surface area contributed by atoms with Crippen LogP contribution in [0.2, 0.25) is 10.0 Å². The van der Waals surface area contributed by atoms with Gasteiger partial charge in [0.2, 0.25) is 17.6 Å². The molecule has 0 aliphatic heterocycles. The Balaban J connectivity index is 1.49. The molecule has 0 fully saturated rings. The minimum Gasteiger partial charge on any atom is -0.347 e. The number of rotatable bonds is 6. The topological polar surface area (TPSA) is 68.0 Å². The van der Waals surface area contributed by atoms with Gasteiger partial charge in [-0.1, -0.05) is 64.8 Å². The van der Waals surface area contributed by atoms with E-state index in [1.807, 2.05) is 36.4 Å². The zero-order chi connectivity index (χ0) is 17.6. The predicted molar refractivity (Wildman–Crippen MR) is 96.4 cm³/mol. The van der Waals surface area contributed by atoms with Crippen molar-refractivity contribution >= 4 is 29.1 Å². The van der Waals surface area contributed by atoms with Crippen LogP contribution in [0.15, 0.2) is 53.1 Å². The smallest absolute Gasteiger partial charge is 0.246 e. The number of halogens is 2. The van der Waals surface area contributed by atoms with Gasteiger partial charge in [-0.2, -0.15) is 4.98 Å². The van der Waals surface area contributed by atoms with Crippen LogP contribution in [-0.2, 0) is 17.8 Å². The third-order valence-corrected chi connectivity index (χ3v) is 4.30. The summed E-state index contributed by atoms with van der Waals surface area (Å²) in [7, 11) is 0. The van der Waals surface area contributed by atoms with Crippen molar-refractivity contribution in [1.82, 2.24) is 15.5 Å². The first-order chi connectivity index (χ1) is 12.1. The lowest BCUT2D eigenvalue weighted by Crippen LogP contribution is -2.23. The van der Waals surface area contributed by atoms with E-state index in [-0.39, 0.29) is 12.5 Å². The molecule has 0 saturated carbocycles. The maximum absolute atomic E-state index is 12.0. The number of hydrogen-bond donors (Lipinski definition) is 1. The molecule has 0 spiro atoms. The highest BCUT2D eigenvalue weighted by Crippen LogP contribution is 2.23. The molecule has 0 saturated heterocycles. The Morgan fingerprint density at radius 3 is 2.64 bits per heavy atom. The van der Waals surface area contributed by atoms with Gasteiger partial charge >= 0.3 is 0 Å². The fraction of sp³-hybridized carbons (Fsp3) is 0.167. The number of aryl methyl sites for hydroxylation is 1. The van der Waals surface area contributed by atoms with E-state index in [0.29, 0.717) is 34.6 Å². The molecule has 0 radical (unpaired) electrons. The van der Waals surface area contributed by atoms with Gasteiger partial charge < -0.3 is 9.84 Å². The molecule has 1 amide bonds. The van der Waals surface area contributed by atoms with Gasteiger partial charge in [-0.15, -0.1) is 0 Å². The van der Waals surface area contributed by atoms with Crippen LogP contribution < -0.4 is 5.32 Å². The summed E-state index contributed by atoms with van der Waals surface area (Å²) in [6.07, 6.45) is 0.902. The van der Waals surface area contributed by atoms with Crippen LogP contribution in [0, 0.1) is 0 Å². The second-order valence-electron chi connectivity index (χ2n) is 5.40. The average Bonchev–Trinajstić information content (AvgIpc) is 3.11. The Labute approximate surface area is 155 Å². The van der Waals surface area contributed by atoms with Crippen LogP contribution in [-0.4, -0.2) is 16.0 Å². The Kier molecular flexibility index (Phi) is 5.68. The van der Waals surface area contributed by atoms with Gasteiger partial charge in [-0.05, 0) is 24.1 Å². The van der Waals surface area contributed by atoms with Crippen molar-refractivity contribution in [3.8, 4) is 11.4 Å². The molecule has 0 bridgehead atoms. The first-order valence-electron chi connectivity index (χ1n) is 7.70. The van der Waals surface area contributed by atoms with Crippen LogP contribution in [0.25, 0.3) is 11.4 Å². The van der Waals surface area contributed by atoms with Crippen LogP contribution >= 0.6 is 23.2 Å². The normalized spacial score (nSPS) is 10.6. The Bertz CT molecular complexity index is 866. The number of amides is 1. The summed E-state index contributed by atoms with van der Waals surface area (Å²) in [6, 6.07) is 14.8.